The zero-order valence-electron chi connectivity index (χ0n) is 13.3. The predicted molar refractivity (Wildman–Crippen MR) is 89.7 cm³/mol. The van der Waals surface area contributed by atoms with Crippen molar-refractivity contribution in [1.29, 1.82) is 0 Å². The van der Waals surface area contributed by atoms with E-state index in [1.54, 1.807) is 24.3 Å². The lowest BCUT2D eigenvalue weighted by atomic mass is 10.1. The van der Waals surface area contributed by atoms with Gasteiger partial charge in [0.25, 0.3) is 0 Å². The Morgan fingerprint density at radius 3 is 2.62 bits per heavy atom. The first-order valence-electron chi connectivity index (χ1n) is 7.86. The number of carboxylic acids is 1. The van der Waals surface area contributed by atoms with Gasteiger partial charge >= 0.3 is 5.97 Å². The van der Waals surface area contributed by atoms with Crippen LogP contribution in [0.3, 0.4) is 0 Å². The van der Waals surface area contributed by atoms with Crippen LogP contribution in [0, 0.1) is 0 Å². The van der Waals surface area contributed by atoms with Crippen LogP contribution >= 0.6 is 0 Å². The number of sulfonamides is 1. The van der Waals surface area contributed by atoms with Crippen molar-refractivity contribution in [2.45, 2.75) is 30.7 Å². The van der Waals surface area contributed by atoms with Crippen molar-refractivity contribution in [2.75, 3.05) is 13.2 Å². The van der Waals surface area contributed by atoms with E-state index < -0.39 is 22.0 Å². The number of hydrogen-bond donors (Lipinski definition) is 1. The molecule has 7 heteroatoms. The summed E-state index contributed by atoms with van der Waals surface area (Å²) in [7, 11) is -3.89. The highest BCUT2D eigenvalue weighted by atomic mass is 32.2. The fourth-order valence-corrected chi connectivity index (χ4v) is 5.00. The van der Waals surface area contributed by atoms with Gasteiger partial charge in [-0.2, -0.15) is 4.31 Å². The number of fused-ring (bicyclic) bond motifs is 1. The van der Waals surface area contributed by atoms with E-state index in [1.807, 2.05) is 13.0 Å². The van der Waals surface area contributed by atoms with Crippen LogP contribution in [0.4, 0.5) is 0 Å². The number of carbonyl (C=O) groups is 1. The Morgan fingerprint density at radius 1 is 1.25 bits per heavy atom. The van der Waals surface area contributed by atoms with E-state index >= 15 is 0 Å². The summed E-state index contributed by atoms with van der Waals surface area (Å²) in [5.74, 6) is -0.491. The Labute approximate surface area is 140 Å². The first-order valence-corrected chi connectivity index (χ1v) is 9.30. The predicted octanol–water partition coefficient (Wildman–Crippen LogP) is 2.48. The SMILES string of the molecule is CCOc1ccc(S(=O)(=O)N2CCC[C@H]2C(=O)O)c2ccccc12. The molecule has 1 fully saturated rings. The third-order valence-corrected chi connectivity index (χ3v) is 6.19. The average molecular weight is 349 g/mol. The van der Waals surface area contributed by atoms with Gasteiger partial charge < -0.3 is 9.84 Å². The van der Waals surface area contributed by atoms with Crippen LogP contribution < -0.4 is 4.74 Å². The molecule has 0 saturated carbocycles. The van der Waals surface area contributed by atoms with E-state index in [2.05, 4.69) is 0 Å². The molecular weight excluding hydrogens is 330 g/mol. The molecule has 0 spiro atoms. The van der Waals surface area contributed by atoms with Gasteiger partial charge in [0.15, 0.2) is 0 Å². The standard InChI is InChI=1S/C17H19NO5S/c1-2-23-15-9-10-16(13-7-4-3-6-12(13)15)24(21,22)18-11-5-8-14(18)17(19)20/h3-4,6-7,9-10,14H,2,5,8,11H2,1H3,(H,19,20)/t14-/m0/s1. The number of benzene rings is 2. The zero-order valence-corrected chi connectivity index (χ0v) is 14.1. The zero-order chi connectivity index (χ0) is 17.3. The van der Waals surface area contributed by atoms with E-state index in [4.69, 9.17) is 4.74 Å². The minimum atomic E-state index is -3.89. The lowest BCUT2D eigenvalue weighted by molar-refractivity contribution is -0.140. The summed E-state index contributed by atoms with van der Waals surface area (Å²) in [6, 6.07) is 9.23. The Bertz CT molecular complexity index is 878. The molecular formula is C17H19NO5S. The van der Waals surface area contributed by atoms with E-state index in [1.165, 1.54) is 6.07 Å². The normalized spacial score (nSPS) is 18.8. The lowest BCUT2D eigenvalue weighted by Crippen LogP contribution is -2.40. The lowest BCUT2D eigenvalue weighted by Gasteiger charge is -2.22. The summed E-state index contributed by atoms with van der Waals surface area (Å²) in [6.45, 7) is 2.56. The van der Waals surface area contributed by atoms with Crippen molar-refractivity contribution in [3.63, 3.8) is 0 Å². The summed E-state index contributed by atoms with van der Waals surface area (Å²) in [6.07, 6.45) is 0.884. The minimum absolute atomic E-state index is 0.120. The van der Waals surface area contributed by atoms with E-state index in [0.717, 1.165) is 4.31 Å². The Balaban J connectivity index is 2.15. The summed E-state index contributed by atoms with van der Waals surface area (Å²) in [4.78, 5) is 11.5. The second-order valence-corrected chi connectivity index (χ2v) is 7.51. The topological polar surface area (TPSA) is 83.9 Å². The second kappa shape index (κ2) is 6.41. The van der Waals surface area contributed by atoms with Gasteiger partial charge in [-0.05, 0) is 31.9 Å². The van der Waals surface area contributed by atoms with Gasteiger partial charge in [-0.25, -0.2) is 8.42 Å². The Morgan fingerprint density at radius 2 is 1.96 bits per heavy atom. The van der Waals surface area contributed by atoms with Crippen molar-refractivity contribution in [3.8, 4) is 5.75 Å². The fraction of sp³-hybridized carbons (Fsp3) is 0.353. The highest BCUT2D eigenvalue weighted by Crippen LogP contribution is 2.34. The number of ether oxygens (including phenoxy) is 1. The van der Waals surface area contributed by atoms with Crippen molar-refractivity contribution >= 4 is 26.8 Å². The van der Waals surface area contributed by atoms with Gasteiger partial charge in [-0.3, -0.25) is 4.79 Å². The minimum Gasteiger partial charge on any atom is -0.493 e. The molecule has 6 nitrogen and oxygen atoms in total. The number of aliphatic carboxylic acids is 1. The fourth-order valence-electron chi connectivity index (χ4n) is 3.15. The molecule has 128 valence electrons. The van der Waals surface area contributed by atoms with E-state index in [9.17, 15) is 18.3 Å². The number of rotatable bonds is 5. The monoisotopic (exact) mass is 349 g/mol. The summed E-state index contributed by atoms with van der Waals surface area (Å²) < 4.78 is 32.8. The smallest absolute Gasteiger partial charge is 0.322 e. The molecule has 0 bridgehead atoms. The van der Waals surface area contributed by atoms with Crippen LogP contribution in [0.1, 0.15) is 19.8 Å². The summed E-state index contributed by atoms with van der Waals surface area (Å²) in [5.41, 5.74) is 0. The van der Waals surface area contributed by atoms with Gasteiger partial charge in [-0.1, -0.05) is 24.3 Å². The first-order chi connectivity index (χ1) is 11.5. The van der Waals surface area contributed by atoms with Gasteiger partial charge in [-0.15, -0.1) is 0 Å². The Hall–Kier alpha value is -2.12. The van der Waals surface area contributed by atoms with Gasteiger partial charge in [0, 0.05) is 17.3 Å². The van der Waals surface area contributed by atoms with E-state index in [-0.39, 0.29) is 11.4 Å². The highest BCUT2D eigenvalue weighted by molar-refractivity contribution is 7.89. The van der Waals surface area contributed by atoms with Gasteiger partial charge in [0.1, 0.15) is 11.8 Å². The number of hydrogen-bond acceptors (Lipinski definition) is 4. The van der Waals surface area contributed by atoms with Crippen LogP contribution in [-0.4, -0.2) is 43.0 Å². The number of carboxylic acid groups (broad SMARTS) is 1. The quantitative estimate of drug-likeness (QED) is 0.896. The Kier molecular flexibility index (Phi) is 4.47. The highest BCUT2D eigenvalue weighted by Gasteiger charge is 2.40. The molecule has 1 N–H and O–H groups in total. The molecule has 0 unspecified atom stereocenters. The van der Waals surface area contributed by atoms with E-state index in [0.29, 0.717) is 36.0 Å². The molecule has 2 aromatic carbocycles. The molecule has 1 heterocycles. The van der Waals surface area contributed by atoms with Crippen LogP contribution in [0.25, 0.3) is 10.8 Å². The van der Waals surface area contributed by atoms with Crippen LogP contribution in [0.15, 0.2) is 41.3 Å². The maximum Gasteiger partial charge on any atom is 0.322 e. The largest absolute Gasteiger partial charge is 0.493 e. The van der Waals surface area contributed by atoms with Gasteiger partial charge in [0.05, 0.1) is 11.5 Å². The molecule has 0 aliphatic carbocycles. The average Bonchev–Trinajstić information content (AvgIpc) is 3.06. The number of nitrogens with zero attached hydrogens (tertiary/aromatic N) is 1. The second-order valence-electron chi connectivity index (χ2n) is 5.65. The van der Waals surface area contributed by atoms with Crippen LogP contribution in [0.2, 0.25) is 0 Å². The maximum absolute atomic E-state index is 13.1. The molecule has 1 saturated heterocycles. The van der Waals surface area contributed by atoms with Crippen molar-refractivity contribution in [3.05, 3.63) is 36.4 Å². The van der Waals surface area contributed by atoms with Crippen LogP contribution in [0.5, 0.6) is 5.75 Å². The maximum atomic E-state index is 13.1. The van der Waals surface area contributed by atoms with Crippen molar-refractivity contribution in [2.24, 2.45) is 0 Å². The molecule has 0 aromatic heterocycles. The third-order valence-electron chi connectivity index (χ3n) is 4.22. The first kappa shape index (κ1) is 16.7. The molecule has 1 aliphatic rings. The third kappa shape index (κ3) is 2.74. The summed E-state index contributed by atoms with van der Waals surface area (Å²) in [5, 5.41) is 10.5. The summed E-state index contributed by atoms with van der Waals surface area (Å²) >= 11 is 0. The molecule has 1 atom stereocenters. The van der Waals surface area contributed by atoms with Crippen molar-refractivity contribution < 1.29 is 23.1 Å². The molecule has 2 aromatic rings. The molecule has 1 aliphatic heterocycles. The van der Waals surface area contributed by atoms with Crippen LogP contribution in [-0.2, 0) is 14.8 Å². The molecule has 0 amide bonds. The van der Waals surface area contributed by atoms with Gasteiger partial charge in [0.2, 0.25) is 10.0 Å². The molecule has 3 rings (SSSR count). The molecule has 24 heavy (non-hydrogen) atoms. The van der Waals surface area contributed by atoms with Crippen molar-refractivity contribution in [1.82, 2.24) is 4.31 Å². The molecule has 0 radical (unpaired) electrons.